The van der Waals surface area contributed by atoms with Crippen molar-refractivity contribution in [1.82, 2.24) is 31.1 Å². The van der Waals surface area contributed by atoms with Crippen LogP contribution in [0.1, 0.15) is 50.0 Å². The van der Waals surface area contributed by atoms with Gasteiger partial charge in [-0.3, -0.25) is 9.78 Å². The number of carbonyl (C=O) groups excluding carboxylic acids is 2. The Morgan fingerprint density at radius 3 is 2.89 bits per heavy atom. The topological polar surface area (TPSA) is 122 Å². The van der Waals surface area contributed by atoms with Crippen molar-refractivity contribution in [3.63, 3.8) is 0 Å². The summed E-state index contributed by atoms with van der Waals surface area (Å²) in [5.74, 6) is 1.00. The zero-order valence-electron chi connectivity index (χ0n) is 15.4. The maximum absolute atomic E-state index is 12.8. The average Bonchev–Trinajstić information content (AvgIpc) is 3.11. The Morgan fingerprint density at radius 1 is 1.41 bits per heavy atom. The molecule has 3 rings (SSSR count). The highest BCUT2D eigenvalue weighted by molar-refractivity contribution is 5.98. The predicted octanol–water partition coefficient (Wildman–Crippen LogP) is 1.57. The fraction of sp³-hybridized carbons (Fsp3) is 0.389. The first-order chi connectivity index (χ1) is 13.0. The van der Waals surface area contributed by atoms with E-state index < -0.39 is 6.04 Å². The van der Waals surface area contributed by atoms with E-state index in [0.29, 0.717) is 36.0 Å². The molecule has 0 aromatic carbocycles. The maximum atomic E-state index is 12.8. The van der Waals surface area contributed by atoms with E-state index in [2.05, 4.69) is 31.1 Å². The molecule has 9 heteroatoms. The molecule has 0 saturated carbocycles. The number of pyridine rings is 1. The summed E-state index contributed by atoms with van der Waals surface area (Å²) >= 11 is 0. The van der Waals surface area contributed by atoms with E-state index in [4.69, 9.17) is 4.52 Å². The van der Waals surface area contributed by atoms with Gasteiger partial charge in [-0.2, -0.15) is 4.98 Å². The molecule has 142 valence electrons. The largest absolute Gasteiger partial charge is 0.352 e. The van der Waals surface area contributed by atoms with E-state index in [0.717, 1.165) is 5.56 Å². The summed E-state index contributed by atoms with van der Waals surface area (Å²) < 4.78 is 5.16. The quantitative estimate of drug-likeness (QED) is 0.709. The number of hydrogen-bond donors (Lipinski definition) is 3. The standard InChI is InChI=1S/C18H22N6O3/c1-10(2)17-22-13(24-27-17)6-8-20-16(25)14-11(3)21-18(26)23-15(14)12-5-4-7-19-9-12/h4-5,7,9-10,15H,6,8H2,1-3H3,(H,20,25)(H2,21,23,26)/t15-/m1/s1. The molecule has 0 bridgehead atoms. The van der Waals surface area contributed by atoms with E-state index in [1.807, 2.05) is 19.9 Å². The predicted molar refractivity (Wildman–Crippen MR) is 96.4 cm³/mol. The van der Waals surface area contributed by atoms with Gasteiger partial charge < -0.3 is 20.5 Å². The normalized spacial score (nSPS) is 16.9. The highest BCUT2D eigenvalue weighted by atomic mass is 16.5. The number of hydrogen-bond acceptors (Lipinski definition) is 6. The Balaban J connectivity index is 1.69. The Bertz CT molecular complexity index is 859. The molecular weight excluding hydrogens is 348 g/mol. The van der Waals surface area contributed by atoms with Gasteiger partial charge in [0.25, 0.3) is 5.91 Å². The van der Waals surface area contributed by atoms with E-state index in [9.17, 15) is 9.59 Å². The molecule has 9 nitrogen and oxygen atoms in total. The second-order valence-corrected chi connectivity index (χ2v) is 6.57. The van der Waals surface area contributed by atoms with Crippen LogP contribution in [0.3, 0.4) is 0 Å². The molecule has 3 heterocycles. The zero-order valence-corrected chi connectivity index (χ0v) is 15.4. The van der Waals surface area contributed by atoms with Crippen molar-refractivity contribution in [1.29, 1.82) is 0 Å². The van der Waals surface area contributed by atoms with Crippen molar-refractivity contribution < 1.29 is 14.1 Å². The van der Waals surface area contributed by atoms with Crippen molar-refractivity contribution in [2.24, 2.45) is 0 Å². The molecular formula is C18H22N6O3. The van der Waals surface area contributed by atoms with Crippen LogP contribution >= 0.6 is 0 Å². The first kappa shape index (κ1) is 18.6. The number of aromatic nitrogens is 3. The van der Waals surface area contributed by atoms with Gasteiger partial charge in [0.2, 0.25) is 5.89 Å². The Labute approximate surface area is 156 Å². The van der Waals surface area contributed by atoms with E-state index in [1.54, 1.807) is 25.4 Å². The van der Waals surface area contributed by atoms with Gasteiger partial charge in [-0.25, -0.2) is 4.79 Å². The molecule has 0 fully saturated rings. The lowest BCUT2D eigenvalue weighted by Gasteiger charge is -2.28. The summed E-state index contributed by atoms with van der Waals surface area (Å²) in [5.41, 5.74) is 1.68. The average molecular weight is 370 g/mol. The first-order valence-electron chi connectivity index (χ1n) is 8.74. The van der Waals surface area contributed by atoms with Gasteiger partial charge in [-0.15, -0.1) is 0 Å². The number of carbonyl (C=O) groups is 2. The molecule has 1 aliphatic heterocycles. The summed E-state index contributed by atoms with van der Waals surface area (Å²) in [6.07, 6.45) is 3.72. The fourth-order valence-corrected chi connectivity index (χ4v) is 2.78. The van der Waals surface area contributed by atoms with Crippen LogP contribution in [0.25, 0.3) is 0 Å². The molecule has 0 saturated heterocycles. The molecule has 0 spiro atoms. The van der Waals surface area contributed by atoms with Gasteiger partial charge in [0.15, 0.2) is 5.82 Å². The minimum absolute atomic E-state index is 0.158. The second kappa shape index (κ2) is 7.98. The van der Waals surface area contributed by atoms with Crippen molar-refractivity contribution in [3.8, 4) is 0 Å². The maximum Gasteiger partial charge on any atom is 0.319 e. The zero-order chi connectivity index (χ0) is 19.4. The smallest absolute Gasteiger partial charge is 0.319 e. The third-order valence-corrected chi connectivity index (χ3v) is 4.14. The van der Waals surface area contributed by atoms with Crippen LogP contribution in [-0.4, -0.2) is 33.6 Å². The van der Waals surface area contributed by atoms with Crippen LogP contribution in [0.4, 0.5) is 4.79 Å². The highest BCUT2D eigenvalue weighted by Crippen LogP contribution is 2.26. The van der Waals surface area contributed by atoms with Gasteiger partial charge >= 0.3 is 6.03 Å². The van der Waals surface area contributed by atoms with Crippen LogP contribution in [0.15, 0.2) is 40.3 Å². The van der Waals surface area contributed by atoms with Crippen LogP contribution < -0.4 is 16.0 Å². The minimum atomic E-state index is -0.565. The second-order valence-electron chi connectivity index (χ2n) is 6.57. The van der Waals surface area contributed by atoms with Crippen LogP contribution in [0.5, 0.6) is 0 Å². The number of allylic oxidation sites excluding steroid dienone is 1. The number of amides is 3. The summed E-state index contributed by atoms with van der Waals surface area (Å²) in [6, 6.07) is 2.66. The lowest BCUT2D eigenvalue weighted by atomic mass is 9.96. The number of nitrogens with one attached hydrogen (secondary N) is 3. The Hall–Kier alpha value is -3.23. The molecule has 0 aliphatic carbocycles. The summed E-state index contributed by atoms with van der Waals surface area (Å²) in [4.78, 5) is 33.0. The van der Waals surface area contributed by atoms with Gasteiger partial charge in [0, 0.05) is 37.0 Å². The third-order valence-electron chi connectivity index (χ3n) is 4.14. The van der Waals surface area contributed by atoms with Crippen molar-refractivity contribution >= 4 is 11.9 Å². The Kier molecular flexibility index (Phi) is 5.49. The monoisotopic (exact) mass is 370 g/mol. The van der Waals surface area contributed by atoms with Crippen LogP contribution in [0, 0.1) is 0 Å². The molecule has 0 unspecified atom stereocenters. The van der Waals surface area contributed by atoms with Crippen LogP contribution in [-0.2, 0) is 11.2 Å². The molecule has 2 aromatic heterocycles. The van der Waals surface area contributed by atoms with Gasteiger partial charge in [0.1, 0.15) is 0 Å². The first-order valence-corrected chi connectivity index (χ1v) is 8.74. The molecule has 1 aliphatic rings. The SMILES string of the molecule is CC1=C(C(=O)NCCc2noc(C(C)C)n2)[C@@H](c2cccnc2)NC(=O)N1. The molecule has 2 aromatic rings. The molecule has 1 atom stereocenters. The Morgan fingerprint density at radius 2 is 2.22 bits per heavy atom. The summed E-state index contributed by atoms with van der Waals surface area (Å²) in [6.45, 7) is 5.99. The molecule has 3 N–H and O–H groups in total. The van der Waals surface area contributed by atoms with Gasteiger partial charge in [-0.05, 0) is 18.6 Å². The highest BCUT2D eigenvalue weighted by Gasteiger charge is 2.31. The van der Waals surface area contributed by atoms with E-state index in [-0.39, 0.29) is 17.9 Å². The number of nitrogens with zero attached hydrogens (tertiary/aromatic N) is 3. The van der Waals surface area contributed by atoms with Crippen LogP contribution in [0.2, 0.25) is 0 Å². The van der Waals surface area contributed by atoms with Crippen molar-refractivity contribution in [2.45, 2.75) is 39.2 Å². The van der Waals surface area contributed by atoms with Crippen molar-refractivity contribution in [2.75, 3.05) is 6.54 Å². The van der Waals surface area contributed by atoms with E-state index in [1.165, 1.54) is 0 Å². The third kappa shape index (κ3) is 4.30. The molecule has 0 radical (unpaired) electrons. The number of urea groups is 1. The summed E-state index contributed by atoms with van der Waals surface area (Å²) in [5, 5.41) is 12.2. The van der Waals surface area contributed by atoms with E-state index >= 15 is 0 Å². The molecule has 3 amide bonds. The van der Waals surface area contributed by atoms with Crippen molar-refractivity contribution in [3.05, 3.63) is 53.1 Å². The fourth-order valence-electron chi connectivity index (χ4n) is 2.78. The lowest BCUT2D eigenvalue weighted by Crippen LogP contribution is -2.47. The minimum Gasteiger partial charge on any atom is -0.352 e. The molecule has 27 heavy (non-hydrogen) atoms. The number of rotatable bonds is 6. The van der Waals surface area contributed by atoms with Gasteiger partial charge in [0.05, 0.1) is 11.6 Å². The van der Waals surface area contributed by atoms with Gasteiger partial charge in [-0.1, -0.05) is 25.1 Å². The lowest BCUT2D eigenvalue weighted by molar-refractivity contribution is -0.117. The summed E-state index contributed by atoms with van der Waals surface area (Å²) in [7, 11) is 0.